The number of carbonyl (C=O) groups excluding carboxylic acids is 2. The first-order valence-corrected chi connectivity index (χ1v) is 6.96. The molecule has 0 spiro atoms. The fourth-order valence-corrected chi connectivity index (χ4v) is 1.73. The SMILES string of the molecule is O=C(COc1ccc(Cl)cc1)NCCNC(=O)C1CC1. The van der Waals surface area contributed by atoms with Crippen molar-refractivity contribution in [2.24, 2.45) is 5.92 Å². The van der Waals surface area contributed by atoms with Crippen molar-refractivity contribution in [3.05, 3.63) is 29.3 Å². The number of amides is 2. The molecule has 0 atom stereocenters. The Bertz CT molecular complexity index is 472. The van der Waals surface area contributed by atoms with Gasteiger partial charge in [0.15, 0.2) is 6.61 Å². The van der Waals surface area contributed by atoms with Crippen molar-refractivity contribution in [1.29, 1.82) is 0 Å². The first-order valence-electron chi connectivity index (χ1n) is 6.58. The first-order chi connectivity index (χ1) is 9.65. The zero-order valence-electron chi connectivity index (χ0n) is 11.0. The van der Waals surface area contributed by atoms with E-state index in [4.69, 9.17) is 16.3 Å². The molecule has 2 amide bonds. The second kappa shape index (κ2) is 7.14. The van der Waals surface area contributed by atoms with Crippen molar-refractivity contribution in [3.63, 3.8) is 0 Å². The average molecular weight is 297 g/mol. The van der Waals surface area contributed by atoms with Gasteiger partial charge in [-0.2, -0.15) is 0 Å². The molecule has 1 aromatic rings. The molecule has 0 unspecified atom stereocenters. The van der Waals surface area contributed by atoms with Crippen molar-refractivity contribution in [2.45, 2.75) is 12.8 Å². The topological polar surface area (TPSA) is 67.4 Å². The summed E-state index contributed by atoms with van der Waals surface area (Å²) in [5.74, 6) is 0.641. The Morgan fingerprint density at radius 1 is 1.15 bits per heavy atom. The molecule has 0 aliphatic heterocycles. The quantitative estimate of drug-likeness (QED) is 0.747. The number of hydrogen-bond donors (Lipinski definition) is 2. The fourth-order valence-electron chi connectivity index (χ4n) is 1.61. The molecule has 20 heavy (non-hydrogen) atoms. The van der Waals surface area contributed by atoms with Crippen LogP contribution in [0.5, 0.6) is 5.75 Å². The summed E-state index contributed by atoms with van der Waals surface area (Å²) in [6.07, 6.45) is 1.96. The van der Waals surface area contributed by atoms with E-state index in [2.05, 4.69) is 10.6 Å². The van der Waals surface area contributed by atoms with Gasteiger partial charge in [-0.05, 0) is 37.1 Å². The van der Waals surface area contributed by atoms with Crippen LogP contribution >= 0.6 is 11.6 Å². The standard InChI is InChI=1S/C14H17ClN2O3/c15-11-3-5-12(6-4-11)20-9-13(18)16-7-8-17-14(19)10-1-2-10/h3-6,10H,1-2,7-9H2,(H,16,18)(H,17,19). The van der Waals surface area contributed by atoms with E-state index in [0.29, 0.717) is 23.9 Å². The first kappa shape index (κ1) is 14.7. The predicted molar refractivity (Wildman–Crippen MR) is 75.7 cm³/mol. The normalized spacial score (nSPS) is 13.7. The van der Waals surface area contributed by atoms with Gasteiger partial charge in [0.25, 0.3) is 5.91 Å². The highest BCUT2D eigenvalue weighted by atomic mass is 35.5. The van der Waals surface area contributed by atoms with Gasteiger partial charge in [0.05, 0.1) is 0 Å². The number of halogens is 1. The second-order valence-corrected chi connectivity index (χ2v) is 5.09. The minimum Gasteiger partial charge on any atom is -0.484 e. The zero-order valence-corrected chi connectivity index (χ0v) is 11.8. The molecule has 0 radical (unpaired) electrons. The number of ether oxygens (including phenoxy) is 1. The Hall–Kier alpha value is -1.75. The van der Waals surface area contributed by atoms with Crippen molar-refractivity contribution >= 4 is 23.4 Å². The van der Waals surface area contributed by atoms with Crippen molar-refractivity contribution in [3.8, 4) is 5.75 Å². The fraction of sp³-hybridized carbons (Fsp3) is 0.429. The lowest BCUT2D eigenvalue weighted by atomic mass is 10.3. The Kier molecular flexibility index (Phi) is 5.24. The van der Waals surface area contributed by atoms with Crippen LogP contribution < -0.4 is 15.4 Å². The zero-order chi connectivity index (χ0) is 14.4. The Morgan fingerprint density at radius 3 is 2.45 bits per heavy atom. The van der Waals surface area contributed by atoms with Crippen LogP contribution in [0.1, 0.15) is 12.8 Å². The number of benzene rings is 1. The van der Waals surface area contributed by atoms with Gasteiger partial charge < -0.3 is 15.4 Å². The minimum absolute atomic E-state index is 0.0573. The van der Waals surface area contributed by atoms with Gasteiger partial charge in [-0.25, -0.2) is 0 Å². The molecular weight excluding hydrogens is 280 g/mol. The van der Waals surface area contributed by atoms with Crippen molar-refractivity contribution < 1.29 is 14.3 Å². The summed E-state index contributed by atoms with van der Waals surface area (Å²) in [5, 5.41) is 6.06. The largest absolute Gasteiger partial charge is 0.484 e. The number of rotatable bonds is 7. The molecular formula is C14H17ClN2O3. The third-order valence-corrected chi connectivity index (χ3v) is 3.13. The molecule has 1 aromatic carbocycles. The highest BCUT2D eigenvalue weighted by molar-refractivity contribution is 6.30. The lowest BCUT2D eigenvalue weighted by molar-refractivity contribution is -0.124. The molecule has 6 heteroatoms. The molecule has 0 aromatic heterocycles. The van der Waals surface area contributed by atoms with E-state index >= 15 is 0 Å². The third kappa shape index (κ3) is 5.09. The van der Waals surface area contributed by atoms with Crippen LogP contribution in [0.15, 0.2) is 24.3 Å². The van der Waals surface area contributed by atoms with Gasteiger partial charge >= 0.3 is 0 Å². The molecule has 1 saturated carbocycles. The monoisotopic (exact) mass is 296 g/mol. The van der Waals surface area contributed by atoms with Gasteiger partial charge in [0, 0.05) is 24.0 Å². The molecule has 0 bridgehead atoms. The summed E-state index contributed by atoms with van der Waals surface area (Å²) < 4.78 is 5.29. The molecule has 108 valence electrons. The van der Waals surface area contributed by atoms with Crippen LogP contribution in [0.25, 0.3) is 0 Å². The number of carbonyl (C=O) groups is 2. The summed E-state index contributed by atoms with van der Waals surface area (Å²) in [7, 11) is 0. The highest BCUT2D eigenvalue weighted by Gasteiger charge is 2.28. The maximum absolute atomic E-state index is 11.5. The van der Waals surface area contributed by atoms with E-state index in [1.54, 1.807) is 24.3 Å². The Balaban J connectivity index is 1.55. The minimum atomic E-state index is -0.222. The molecule has 0 heterocycles. The average Bonchev–Trinajstić information content (AvgIpc) is 3.27. The van der Waals surface area contributed by atoms with Crippen LogP contribution in [0, 0.1) is 5.92 Å². The Labute approximate surface area is 122 Å². The maximum atomic E-state index is 11.5. The number of hydrogen-bond acceptors (Lipinski definition) is 3. The van der Waals surface area contributed by atoms with Crippen LogP contribution in [-0.2, 0) is 9.59 Å². The Morgan fingerprint density at radius 2 is 1.80 bits per heavy atom. The number of nitrogens with one attached hydrogen (secondary N) is 2. The summed E-state index contributed by atoms with van der Waals surface area (Å²) in [6.45, 7) is 0.793. The highest BCUT2D eigenvalue weighted by Crippen LogP contribution is 2.28. The lowest BCUT2D eigenvalue weighted by Gasteiger charge is -2.08. The van der Waals surface area contributed by atoms with Crippen molar-refractivity contribution in [2.75, 3.05) is 19.7 Å². The smallest absolute Gasteiger partial charge is 0.258 e. The predicted octanol–water partition coefficient (Wildman–Crippen LogP) is 1.36. The summed E-state index contributed by atoms with van der Waals surface area (Å²) in [4.78, 5) is 22.8. The van der Waals surface area contributed by atoms with E-state index < -0.39 is 0 Å². The third-order valence-electron chi connectivity index (χ3n) is 2.88. The van der Waals surface area contributed by atoms with E-state index in [1.807, 2.05) is 0 Å². The molecule has 2 N–H and O–H groups in total. The molecule has 1 fully saturated rings. The van der Waals surface area contributed by atoms with E-state index in [-0.39, 0.29) is 24.3 Å². The summed E-state index contributed by atoms with van der Waals surface area (Å²) in [5.41, 5.74) is 0. The van der Waals surface area contributed by atoms with Gasteiger partial charge in [-0.1, -0.05) is 11.6 Å². The lowest BCUT2D eigenvalue weighted by Crippen LogP contribution is -2.37. The van der Waals surface area contributed by atoms with Gasteiger partial charge in [-0.15, -0.1) is 0 Å². The van der Waals surface area contributed by atoms with E-state index in [1.165, 1.54) is 0 Å². The van der Waals surface area contributed by atoms with Gasteiger partial charge in [-0.3, -0.25) is 9.59 Å². The van der Waals surface area contributed by atoms with Gasteiger partial charge in [0.1, 0.15) is 5.75 Å². The van der Waals surface area contributed by atoms with Crippen LogP contribution in [0.2, 0.25) is 5.02 Å². The van der Waals surface area contributed by atoms with Gasteiger partial charge in [0.2, 0.25) is 5.91 Å². The summed E-state index contributed by atoms with van der Waals surface area (Å²) >= 11 is 5.74. The van der Waals surface area contributed by atoms with Crippen LogP contribution in [-0.4, -0.2) is 31.5 Å². The van der Waals surface area contributed by atoms with Crippen LogP contribution in [0.4, 0.5) is 0 Å². The molecule has 1 aliphatic rings. The molecule has 0 saturated heterocycles. The van der Waals surface area contributed by atoms with Crippen LogP contribution in [0.3, 0.4) is 0 Å². The summed E-state index contributed by atoms with van der Waals surface area (Å²) in [6, 6.07) is 6.79. The van der Waals surface area contributed by atoms with E-state index in [0.717, 1.165) is 12.8 Å². The van der Waals surface area contributed by atoms with Crippen molar-refractivity contribution in [1.82, 2.24) is 10.6 Å². The molecule has 5 nitrogen and oxygen atoms in total. The molecule has 2 rings (SSSR count). The molecule has 1 aliphatic carbocycles. The maximum Gasteiger partial charge on any atom is 0.258 e. The second-order valence-electron chi connectivity index (χ2n) is 4.66. The van der Waals surface area contributed by atoms with E-state index in [9.17, 15) is 9.59 Å².